The number of rotatable bonds is 3. The third-order valence-corrected chi connectivity index (χ3v) is 4.40. The molecule has 4 nitrogen and oxygen atoms in total. The second-order valence-corrected chi connectivity index (χ2v) is 5.68. The van der Waals surface area contributed by atoms with Crippen molar-refractivity contribution in [1.29, 1.82) is 0 Å². The zero-order valence-corrected chi connectivity index (χ0v) is 11.9. The van der Waals surface area contributed by atoms with E-state index in [9.17, 15) is 4.79 Å². The first-order valence-electron chi connectivity index (χ1n) is 5.94. The molecule has 3 rings (SSSR count). The van der Waals surface area contributed by atoms with Gasteiger partial charge in [-0.15, -0.1) is 11.3 Å². The van der Waals surface area contributed by atoms with E-state index >= 15 is 0 Å². The lowest BCUT2D eigenvalue weighted by atomic mass is 10.2. The summed E-state index contributed by atoms with van der Waals surface area (Å²) < 4.78 is 6.07. The van der Waals surface area contributed by atoms with E-state index in [-0.39, 0.29) is 5.91 Å². The molecule has 102 valence electrons. The van der Waals surface area contributed by atoms with Crippen LogP contribution >= 0.6 is 22.9 Å². The highest BCUT2D eigenvalue weighted by molar-refractivity contribution is 7.21. The number of nitrogen functional groups attached to an aromatic ring is 1. The normalized spacial score (nSPS) is 10.8. The van der Waals surface area contributed by atoms with Gasteiger partial charge in [0.25, 0.3) is 5.91 Å². The zero-order chi connectivity index (χ0) is 14.1. The maximum atomic E-state index is 12.2. The van der Waals surface area contributed by atoms with E-state index in [1.54, 1.807) is 24.5 Å². The van der Waals surface area contributed by atoms with Crippen molar-refractivity contribution in [3.05, 3.63) is 52.3 Å². The Morgan fingerprint density at radius 2 is 2.20 bits per heavy atom. The first-order valence-corrected chi connectivity index (χ1v) is 7.13. The van der Waals surface area contributed by atoms with Crippen LogP contribution in [0.2, 0.25) is 5.02 Å². The number of carbonyl (C=O) groups excluding carboxylic acids is 1. The van der Waals surface area contributed by atoms with Crippen LogP contribution in [0.15, 0.2) is 41.0 Å². The number of furan rings is 1. The predicted octanol–water partition coefficient (Wildman–Crippen LogP) is 3.66. The van der Waals surface area contributed by atoms with Crippen LogP contribution in [-0.4, -0.2) is 5.91 Å². The van der Waals surface area contributed by atoms with Crippen LogP contribution in [0.25, 0.3) is 10.1 Å². The molecule has 20 heavy (non-hydrogen) atoms. The van der Waals surface area contributed by atoms with Gasteiger partial charge in [-0.2, -0.15) is 0 Å². The van der Waals surface area contributed by atoms with Crippen molar-refractivity contribution in [3.63, 3.8) is 0 Å². The van der Waals surface area contributed by atoms with Gasteiger partial charge < -0.3 is 15.5 Å². The van der Waals surface area contributed by atoms with E-state index in [0.29, 0.717) is 27.9 Å². The molecule has 0 saturated carbocycles. The summed E-state index contributed by atoms with van der Waals surface area (Å²) in [5.74, 6) is 0.465. The average molecular weight is 307 g/mol. The van der Waals surface area contributed by atoms with Crippen molar-refractivity contribution in [1.82, 2.24) is 5.32 Å². The molecule has 3 aromatic rings. The molecule has 0 aliphatic rings. The van der Waals surface area contributed by atoms with E-state index < -0.39 is 0 Å². The Morgan fingerprint density at radius 3 is 2.90 bits per heavy atom. The van der Waals surface area contributed by atoms with Crippen molar-refractivity contribution >= 4 is 44.6 Å². The molecule has 3 N–H and O–H groups in total. The lowest BCUT2D eigenvalue weighted by molar-refractivity contribution is 0.0953. The molecule has 1 amide bonds. The van der Waals surface area contributed by atoms with Crippen molar-refractivity contribution in [2.45, 2.75) is 6.54 Å². The highest BCUT2D eigenvalue weighted by Crippen LogP contribution is 2.37. The van der Waals surface area contributed by atoms with E-state index in [0.717, 1.165) is 10.1 Å². The summed E-state index contributed by atoms with van der Waals surface area (Å²) >= 11 is 7.45. The minimum atomic E-state index is -0.226. The molecule has 6 heteroatoms. The van der Waals surface area contributed by atoms with Crippen molar-refractivity contribution < 1.29 is 9.21 Å². The summed E-state index contributed by atoms with van der Waals surface area (Å²) in [6.45, 7) is 0.327. The smallest absolute Gasteiger partial charge is 0.263 e. The van der Waals surface area contributed by atoms with Gasteiger partial charge in [0, 0.05) is 10.1 Å². The Balaban J connectivity index is 1.88. The second kappa shape index (κ2) is 5.19. The van der Waals surface area contributed by atoms with Crippen LogP contribution in [0.1, 0.15) is 15.4 Å². The van der Waals surface area contributed by atoms with Crippen LogP contribution in [0.5, 0.6) is 0 Å². The number of carbonyl (C=O) groups is 1. The average Bonchev–Trinajstić information content (AvgIpc) is 3.05. The second-order valence-electron chi connectivity index (χ2n) is 4.22. The molecule has 1 aromatic carbocycles. The molecule has 0 aliphatic heterocycles. The highest BCUT2D eigenvalue weighted by atomic mass is 35.5. The first-order chi connectivity index (χ1) is 9.66. The Labute approximate surface area is 124 Å². The number of nitrogens with two attached hydrogens (primary N) is 1. The fourth-order valence-electron chi connectivity index (χ4n) is 1.96. The predicted molar refractivity (Wildman–Crippen MR) is 81.1 cm³/mol. The molecule has 2 aromatic heterocycles. The summed E-state index contributed by atoms with van der Waals surface area (Å²) in [7, 11) is 0. The maximum Gasteiger partial charge on any atom is 0.263 e. The number of halogens is 1. The molecule has 0 bridgehead atoms. The molecule has 0 saturated heterocycles. The fourth-order valence-corrected chi connectivity index (χ4v) is 3.36. The number of thiophene rings is 1. The van der Waals surface area contributed by atoms with E-state index in [4.69, 9.17) is 21.8 Å². The van der Waals surface area contributed by atoms with Crippen molar-refractivity contribution in [3.8, 4) is 0 Å². The number of anilines is 1. The minimum absolute atomic E-state index is 0.226. The lowest BCUT2D eigenvalue weighted by Crippen LogP contribution is -2.22. The molecular formula is C14H11ClN2O2S. The van der Waals surface area contributed by atoms with Crippen LogP contribution in [0.4, 0.5) is 5.69 Å². The minimum Gasteiger partial charge on any atom is -0.467 e. The van der Waals surface area contributed by atoms with E-state index in [1.165, 1.54) is 11.3 Å². The Kier molecular flexibility index (Phi) is 3.38. The number of fused-ring (bicyclic) bond motifs is 1. The van der Waals surface area contributed by atoms with Gasteiger partial charge >= 0.3 is 0 Å². The Morgan fingerprint density at radius 1 is 1.35 bits per heavy atom. The molecule has 2 heterocycles. The van der Waals surface area contributed by atoms with Crippen LogP contribution in [-0.2, 0) is 6.54 Å². The standard InChI is InChI=1S/C14H11ClN2O2S/c15-9-4-1-5-10-11(9)12(16)13(20-10)14(18)17-7-8-3-2-6-19-8/h1-6H,7,16H2,(H,17,18). The van der Waals surface area contributed by atoms with Gasteiger partial charge in [0.1, 0.15) is 10.6 Å². The molecular weight excluding hydrogens is 296 g/mol. The van der Waals surface area contributed by atoms with Gasteiger partial charge in [-0.1, -0.05) is 17.7 Å². The number of hydrogen-bond donors (Lipinski definition) is 2. The monoisotopic (exact) mass is 306 g/mol. The number of nitrogens with one attached hydrogen (secondary N) is 1. The number of hydrogen-bond acceptors (Lipinski definition) is 4. The fraction of sp³-hybridized carbons (Fsp3) is 0.0714. The zero-order valence-electron chi connectivity index (χ0n) is 10.4. The molecule has 0 spiro atoms. The molecule has 0 unspecified atom stereocenters. The highest BCUT2D eigenvalue weighted by Gasteiger charge is 2.17. The quantitative estimate of drug-likeness (QED) is 0.776. The topological polar surface area (TPSA) is 68.3 Å². The largest absolute Gasteiger partial charge is 0.467 e. The summed E-state index contributed by atoms with van der Waals surface area (Å²) in [5, 5.41) is 4.07. The van der Waals surface area contributed by atoms with Gasteiger partial charge in [-0.25, -0.2) is 0 Å². The summed E-state index contributed by atoms with van der Waals surface area (Å²) in [4.78, 5) is 12.6. The maximum absolute atomic E-state index is 12.2. The van der Waals surface area contributed by atoms with Crippen LogP contribution in [0.3, 0.4) is 0 Å². The number of amides is 1. The van der Waals surface area contributed by atoms with E-state index in [1.807, 2.05) is 12.1 Å². The summed E-state index contributed by atoms with van der Waals surface area (Å²) in [6, 6.07) is 9.06. The van der Waals surface area contributed by atoms with Gasteiger partial charge in [-0.05, 0) is 24.3 Å². The first kappa shape index (κ1) is 13.0. The van der Waals surface area contributed by atoms with Gasteiger partial charge in [0.2, 0.25) is 0 Å². The molecule has 0 aliphatic carbocycles. The number of benzene rings is 1. The van der Waals surface area contributed by atoms with Gasteiger partial charge in [-0.3, -0.25) is 4.79 Å². The van der Waals surface area contributed by atoms with Crippen molar-refractivity contribution in [2.75, 3.05) is 5.73 Å². The Bertz CT molecular complexity index is 765. The molecule has 0 atom stereocenters. The SMILES string of the molecule is Nc1c(C(=O)NCc2ccco2)sc2cccc(Cl)c12. The lowest BCUT2D eigenvalue weighted by Gasteiger charge is -2.02. The van der Waals surface area contributed by atoms with Crippen LogP contribution < -0.4 is 11.1 Å². The molecule has 0 radical (unpaired) electrons. The van der Waals surface area contributed by atoms with Crippen LogP contribution in [0, 0.1) is 0 Å². The van der Waals surface area contributed by atoms with Crippen molar-refractivity contribution in [2.24, 2.45) is 0 Å². The summed E-state index contributed by atoms with van der Waals surface area (Å²) in [5.41, 5.74) is 6.46. The van der Waals surface area contributed by atoms with Gasteiger partial charge in [0.05, 0.1) is 23.5 Å². The van der Waals surface area contributed by atoms with E-state index in [2.05, 4.69) is 5.32 Å². The van der Waals surface area contributed by atoms with Gasteiger partial charge in [0.15, 0.2) is 0 Å². The molecule has 0 fully saturated rings. The Hall–Kier alpha value is -1.98. The third kappa shape index (κ3) is 2.26. The third-order valence-electron chi connectivity index (χ3n) is 2.91. The summed E-state index contributed by atoms with van der Waals surface area (Å²) in [6.07, 6.45) is 1.56.